The van der Waals surface area contributed by atoms with Gasteiger partial charge in [-0.25, -0.2) is 0 Å². The van der Waals surface area contributed by atoms with Gasteiger partial charge in [-0.1, -0.05) is 42.5 Å². The van der Waals surface area contributed by atoms with Gasteiger partial charge >= 0.3 is 0 Å². The van der Waals surface area contributed by atoms with Crippen LogP contribution < -0.4 is 0 Å². The van der Waals surface area contributed by atoms with Gasteiger partial charge in [0.15, 0.2) is 5.78 Å². The topological polar surface area (TPSA) is 84.0 Å². The molecule has 0 N–H and O–H groups in total. The molecule has 2 aromatic carbocycles. The van der Waals surface area contributed by atoms with Crippen LogP contribution in [0, 0.1) is 28.4 Å². The Hall–Kier alpha value is -3.26. The average molecular weight is 334 g/mol. The van der Waals surface area contributed by atoms with E-state index in [1.807, 2.05) is 30.3 Å². The van der Waals surface area contributed by atoms with E-state index in [0.717, 1.165) is 11.1 Å². The van der Waals surface area contributed by atoms with Gasteiger partial charge in [-0.15, -0.1) is 0 Å². The van der Waals surface area contributed by atoms with Crippen LogP contribution in [-0.4, -0.2) is 10.7 Å². The summed E-state index contributed by atoms with van der Waals surface area (Å²) in [4.78, 5) is 22.8. The number of rotatable bonds is 6. The first-order chi connectivity index (χ1) is 11.9. The molecule has 0 fully saturated rings. The second-order valence-electron chi connectivity index (χ2n) is 5.84. The van der Waals surface area contributed by atoms with E-state index < -0.39 is 10.8 Å². The van der Waals surface area contributed by atoms with Crippen molar-refractivity contribution in [2.45, 2.75) is 26.2 Å². The number of nitro benzene ring substituents is 1. The number of Topliss-reactive ketones (excluding diaryl/α,β-unsaturated/α-hetero) is 1. The van der Waals surface area contributed by atoms with E-state index in [2.05, 4.69) is 6.07 Å². The second-order valence-corrected chi connectivity index (χ2v) is 5.84. The summed E-state index contributed by atoms with van der Waals surface area (Å²) in [5, 5.41) is 20.9. The number of carbonyl (C=O) groups is 1. The smallest absolute Gasteiger partial charge is 0.274 e. The molecule has 126 valence electrons. The Labute approximate surface area is 146 Å². The number of hydrogen-bond acceptors (Lipinski definition) is 4. The van der Waals surface area contributed by atoms with Crippen molar-refractivity contribution in [3.8, 4) is 6.07 Å². The molecular formula is C20H18N2O3. The molecule has 25 heavy (non-hydrogen) atoms. The fraction of sp³-hybridized carbons (Fsp3) is 0.200. The molecule has 0 heterocycles. The highest BCUT2D eigenvalue weighted by Gasteiger charge is 2.24. The van der Waals surface area contributed by atoms with Crippen LogP contribution in [0.1, 0.15) is 36.0 Å². The first kappa shape index (κ1) is 18.1. The lowest BCUT2D eigenvalue weighted by Crippen LogP contribution is -2.06. The third-order valence-corrected chi connectivity index (χ3v) is 3.93. The van der Waals surface area contributed by atoms with Crippen LogP contribution in [0.2, 0.25) is 0 Å². The number of nitriles is 1. The first-order valence-electron chi connectivity index (χ1n) is 7.83. The molecule has 2 aromatic rings. The maximum Gasteiger partial charge on any atom is 0.274 e. The molecule has 0 bridgehead atoms. The lowest BCUT2D eigenvalue weighted by atomic mass is 9.89. The molecule has 0 spiro atoms. The summed E-state index contributed by atoms with van der Waals surface area (Å²) in [7, 11) is 0. The van der Waals surface area contributed by atoms with Crippen molar-refractivity contribution in [1.82, 2.24) is 0 Å². The quantitative estimate of drug-likeness (QED) is 0.440. The zero-order valence-electron chi connectivity index (χ0n) is 14.1. The molecule has 0 radical (unpaired) electrons. The van der Waals surface area contributed by atoms with Gasteiger partial charge in [0.2, 0.25) is 0 Å². The van der Waals surface area contributed by atoms with E-state index in [-0.39, 0.29) is 17.9 Å². The fourth-order valence-corrected chi connectivity index (χ4v) is 2.61. The molecule has 5 nitrogen and oxygen atoms in total. The van der Waals surface area contributed by atoms with Crippen molar-refractivity contribution in [3.05, 3.63) is 80.9 Å². The minimum absolute atomic E-state index is 0.0887. The molecule has 0 aliphatic carbocycles. The number of ketones is 1. The van der Waals surface area contributed by atoms with Gasteiger partial charge in [0.1, 0.15) is 0 Å². The third kappa shape index (κ3) is 4.61. The van der Waals surface area contributed by atoms with E-state index in [0.29, 0.717) is 11.1 Å². The zero-order chi connectivity index (χ0) is 18.4. The predicted molar refractivity (Wildman–Crippen MR) is 95.9 cm³/mol. The molecule has 1 unspecified atom stereocenters. The molecule has 0 saturated heterocycles. The van der Waals surface area contributed by atoms with Crippen molar-refractivity contribution < 1.29 is 9.72 Å². The molecule has 0 aromatic heterocycles. The molecule has 2 rings (SSSR count). The van der Waals surface area contributed by atoms with E-state index in [1.165, 1.54) is 13.0 Å². The van der Waals surface area contributed by atoms with Crippen molar-refractivity contribution in [1.29, 1.82) is 5.26 Å². The summed E-state index contributed by atoms with van der Waals surface area (Å²) in [5.41, 5.74) is 2.31. The van der Waals surface area contributed by atoms with Crippen molar-refractivity contribution in [2.24, 2.45) is 0 Å². The Bertz CT molecular complexity index is 864. The van der Waals surface area contributed by atoms with Gasteiger partial charge in [-0.3, -0.25) is 14.9 Å². The Morgan fingerprint density at radius 3 is 2.52 bits per heavy atom. The average Bonchev–Trinajstić information content (AvgIpc) is 2.59. The van der Waals surface area contributed by atoms with Gasteiger partial charge in [0.25, 0.3) is 5.69 Å². The predicted octanol–water partition coefficient (Wildman–Crippen LogP) is 4.57. The minimum atomic E-state index is -0.764. The zero-order valence-corrected chi connectivity index (χ0v) is 14.1. The Balaban J connectivity index is 2.41. The number of hydrogen-bond donors (Lipinski definition) is 0. The van der Waals surface area contributed by atoms with Crippen LogP contribution in [0.3, 0.4) is 0 Å². The number of nitrogens with zero attached hydrogens (tertiary/aromatic N) is 2. The van der Waals surface area contributed by atoms with Gasteiger partial charge in [0, 0.05) is 11.6 Å². The molecule has 0 aliphatic heterocycles. The van der Waals surface area contributed by atoms with Gasteiger partial charge in [-0.2, -0.15) is 5.26 Å². The summed E-state index contributed by atoms with van der Waals surface area (Å²) >= 11 is 0. The molecular weight excluding hydrogens is 316 g/mol. The highest BCUT2D eigenvalue weighted by atomic mass is 16.6. The van der Waals surface area contributed by atoms with E-state index in [9.17, 15) is 20.2 Å². The fourth-order valence-electron chi connectivity index (χ4n) is 2.61. The molecule has 0 aliphatic rings. The van der Waals surface area contributed by atoms with Crippen LogP contribution in [-0.2, 0) is 4.79 Å². The summed E-state index contributed by atoms with van der Waals surface area (Å²) in [6.45, 7) is 3.20. The molecule has 0 saturated carbocycles. The molecule has 5 heteroatoms. The summed E-state index contributed by atoms with van der Waals surface area (Å²) in [6.07, 6.45) is 1.86. The van der Waals surface area contributed by atoms with Crippen LogP contribution in [0.5, 0.6) is 0 Å². The molecule has 1 atom stereocenters. The first-order valence-corrected chi connectivity index (χ1v) is 7.83. The van der Waals surface area contributed by atoms with Crippen molar-refractivity contribution in [2.75, 3.05) is 0 Å². The van der Waals surface area contributed by atoms with E-state index >= 15 is 0 Å². The maximum atomic E-state index is 12.0. The van der Waals surface area contributed by atoms with Crippen LogP contribution >= 0.6 is 0 Å². The van der Waals surface area contributed by atoms with Crippen LogP contribution in [0.25, 0.3) is 6.08 Å². The lowest BCUT2D eigenvalue weighted by Gasteiger charge is -2.12. The number of benzene rings is 2. The standard InChI is InChI=1S/C20H18N2O3/c1-14-8-9-19(20(10-14)22(24)25)18(13-21)12-17(15(2)23)11-16-6-4-3-5-7-16/h3-11,18H,12H2,1-2H3/b17-11+. The Kier molecular flexibility index (Phi) is 5.80. The lowest BCUT2D eigenvalue weighted by molar-refractivity contribution is -0.385. The number of allylic oxidation sites excluding steroid dienone is 1. The molecule has 0 amide bonds. The van der Waals surface area contributed by atoms with Gasteiger partial charge < -0.3 is 0 Å². The van der Waals surface area contributed by atoms with Crippen LogP contribution in [0.4, 0.5) is 5.69 Å². The number of carbonyl (C=O) groups excluding carboxylic acids is 1. The van der Waals surface area contributed by atoms with Gasteiger partial charge in [0.05, 0.1) is 16.9 Å². The Morgan fingerprint density at radius 1 is 1.28 bits per heavy atom. The second kappa shape index (κ2) is 8.02. The normalized spacial score (nSPS) is 12.3. The third-order valence-electron chi connectivity index (χ3n) is 3.93. The van der Waals surface area contributed by atoms with Crippen LogP contribution in [0.15, 0.2) is 54.1 Å². The summed E-state index contributed by atoms with van der Waals surface area (Å²) in [5.74, 6) is -0.918. The largest absolute Gasteiger partial charge is 0.295 e. The van der Waals surface area contributed by atoms with E-state index in [4.69, 9.17) is 0 Å². The highest BCUT2D eigenvalue weighted by molar-refractivity contribution is 5.97. The van der Waals surface area contributed by atoms with Crippen molar-refractivity contribution >= 4 is 17.5 Å². The highest BCUT2D eigenvalue weighted by Crippen LogP contribution is 2.32. The summed E-state index contributed by atoms with van der Waals surface area (Å²) < 4.78 is 0. The van der Waals surface area contributed by atoms with Crippen molar-refractivity contribution in [3.63, 3.8) is 0 Å². The maximum absolute atomic E-state index is 12.0. The van der Waals surface area contributed by atoms with E-state index in [1.54, 1.807) is 25.1 Å². The number of aryl methyl sites for hydroxylation is 1. The monoisotopic (exact) mass is 334 g/mol. The minimum Gasteiger partial charge on any atom is -0.295 e. The SMILES string of the molecule is CC(=O)/C(=C/c1ccccc1)CC(C#N)c1ccc(C)cc1[N+](=O)[O-]. The number of nitro groups is 1. The Morgan fingerprint density at radius 2 is 1.96 bits per heavy atom. The van der Waals surface area contributed by atoms with Gasteiger partial charge in [-0.05, 0) is 43.0 Å². The summed E-state index contributed by atoms with van der Waals surface area (Å²) in [6, 6.07) is 16.2.